The molecule has 0 heterocycles. The Morgan fingerprint density at radius 2 is 1.94 bits per heavy atom. The van der Waals surface area contributed by atoms with E-state index >= 15 is 0 Å². The number of benzene rings is 1. The molecule has 0 bridgehead atoms. The first-order valence-corrected chi connectivity index (χ1v) is 6.44. The van der Waals surface area contributed by atoms with E-state index in [1.165, 1.54) is 6.07 Å². The number of methoxy groups -OCH3 is 1. The number of hydrogen-bond acceptors (Lipinski definition) is 3. The number of hydrogen-bond donors (Lipinski definition) is 0. The summed E-state index contributed by atoms with van der Waals surface area (Å²) in [5.41, 5.74) is 0.793. The lowest BCUT2D eigenvalue weighted by molar-refractivity contribution is 0.0536. The van der Waals surface area contributed by atoms with Gasteiger partial charge in [-0.3, -0.25) is 0 Å². The first kappa shape index (κ1) is 14.4. The van der Waals surface area contributed by atoms with Crippen molar-refractivity contribution in [2.75, 3.05) is 33.5 Å². The Morgan fingerprint density at radius 3 is 2.65 bits per heavy atom. The zero-order valence-electron chi connectivity index (χ0n) is 9.75. The van der Waals surface area contributed by atoms with Crippen molar-refractivity contribution in [3.63, 3.8) is 0 Å². The first-order chi connectivity index (χ1) is 8.29. The van der Waals surface area contributed by atoms with Crippen LogP contribution >= 0.6 is 15.9 Å². The van der Waals surface area contributed by atoms with Gasteiger partial charge in [0, 0.05) is 18.0 Å². The molecule has 0 aliphatic heterocycles. The van der Waals surface area contributed by atoms with E-state index in [1.54, 1.807) is 13.2 Å². The van der Waals surface area contributed by atoms with Crippen LogP contribution in [0.4, 0.5) is 4.39 Å². The van der Waals surface area contributed by atoms with E-state index in [2.05, 4.69) is 15.9 Å². The van der Waals surface area contributed by atoms with E-state index < -0.39 is 0 Å². The highest BCUT2D eigenvalue weighted by molar-refractivity contribution is 9.08. The lowest BCUT2D eigenvalue weighted by Gasteiger charge is -2.11. The third kappa shape index (κ3) is 5.02. The van der Waals surface area contributed by atoms with Gasteiger partial charge in [0.2, 0.25) is 0 Å². The number of halogens is 2. The van der Waals surface area contributed by atoms with Crippen LogP contribution in [0.25, 0.3) is 0 Å². The van der Waals surface area contributed by atoms with Crippen molar-refractivity contribution in [1.82, 2.24) is 0 Å². The van der Waals surface area contributed by atoms with Crippen molar-refractivity contribution < 1.29 is 18.6 Å². The molecule has 5 heteroatoms. The van der Waals surface area contributed by atoms with Crippen molar-refractivity contribution in [3.8, 4) is 5.75 Å². The van der Waals surface area contributed by atoms with Crippen LogP contribution in [-0.2, 0) is 14.8 Å². The Morgan fingerprint density at radius 1 is 1.18 bits per heavy atom. The summed E-state index contributed by atoms with van der Waals surface area (Å²) in [6.45, 7) is 1.80. The molecule has 0 aliphatic rings. The van der Waals surface area contributed by atoms with E-state index in [1.807, 2.05) is 6.07 Å². The standard InChI is InChI=1S/C12H16BrFO3/c1-15-5-6-16-7-8-17-12-10(9-13)3-2-4-11(12)14/h2-4H,5-9H2,1H3. The maximum Gasteiger partial charge on any atom is 0.165 e. The molecular weight excluding hydrogens is 291 g/mol. The van der Waals surface area contributed by atoms with Gasteiger partial charge in [-0.05, 0) is 6.07 Å². The summed E-state index contributed by atoms with van der Waals surface area (Å²) in [5, 5.41) is 0.560. The molecule has 0 fully saturated rings. The van der Waals surface area contributed by atoms with E-state index in [0.717, 1.165) is 5.56 Å². The molecule has 1 rings (SSSR count). The molecule has 0 N–H and O–H groups in total. The Balaban J connectivity index is 2.35. The topological polar surface area (TPSA) is 27.7 Å². The summed E-state index contributed by atoms with van der Waals surface area (Å²) < 4.78 is 28.9. The van der Waals surface area contributed by atoms with Crippen LogP contribution in [-0.4, -0.2) is 33.5 Å². The summed E-state index contributed by atoms with van der Waals surface area (Å²) in [5.74, 6) is -0.0569. The molecule has 0 aromatic heterocycles. The molecule has 0 saturated heterocycles. The normalized spacial score (nSPS) is 10.5. The number of ether oxygens (including phenoxy) is 3. The molecule has 96 valence electrons. The maximum absolute atomic E-state index is 13.5. The van der Waals surface area contributed by atoms with E-state index in [9.17, 15) is 4.39 Å². The van der Waals surface area contributed by atoms with Gasteiger partial charge < -0.3 is 14.2 Å². The Labute approximate surface area is 109 Å². The lowest BCUT2D eigenvalue weighted by atomic mass is 10.2. The fraction of sp³-hybridized carbons (Fsp3) is 0.500. The molecule has 3 nitrogen and oxygen atoms in total. The van der Waals surface area contributed by atoms with Crippen molar-refractivity contribution in [2.24, 2.45) is 0 Å². The van der Waals surface area contributed by atoms with Crippen LogP contribution in [0.15, 0.2) is 18.2 Å². The zero-order valence-corrected chi connectivity index (χ0v) is 11.3. The van der Waals surface area contributed by atoms with Gasteiger partial charge in [-0.15, -0.1) is 0 Å². The van der Waals surface area contributed by atoms with Gasteiger partial charge in [-0.2, -0.15) is 0 Å². The van der Waals surface area contributed by atoms with E-state index in [-0.39, 0.29) is 5.82 Å². The molecule has 0 unspecified atom stereocenters. The van der Waals surface area contributed by atoms with E-state index in [0.29, 0.717) is 37.5 Å². The Hall–Kier alpha value is -0.650. The third-order valence-electron chi connectivity index (χ3n) is 2.10. The predicted molar refractivity (Wildman–Crippen MR) is 67.2 cm³/mol. The Bertz CT molecular complexity index is 334. The molecule has 1 aromatic rings. The van der Waals surface area contributed by atoms with Gasteiger partial charge in [-0.25, -0.2) is 4.39 Å². The summed E-state index contributed by atoms with van der Waals surface area (Å²) in [4.78, 5) is 0. The van der Waals surface area contributed by atoms with Crippen molar-refractivity contribution in [1.29, 1.82) is 0 Å². The fourth-order valence-corrected chi connectivity index (χ4v) is 1.71. The number of rotatable bonds is 8. The van der Waals surface area contributed by atoms with Crippen molar-refractivity contribution >= 4 is 15.9 Å². The van der Waals surface area contributed by atoms with Gasteiger partial charge in [0.25, 0.3) is 0 Å². The predicted octanol–water partition coefficient (Wildman–Crippen LogP) is 2.76. The zero-order chi connectivity index (χ0) is 12.5. The largest absolute Gasteiger partial charge is 0.488 e. The second-order valence-corrected chi connectivity index (χ2v) is 3.88. The lowest BCUT2D eigenvalue weighted by Crippen LogP contribution is -2.11. The molecular formula is C12H16BrFO3. The monoisotopic (exact) mass is 306 g/mol. The minimum absolute atomic E-state index is 0.291. The smallest absolute Gasteiger partial charge is 0.165 e. The maximum atomic E-state index is 13.5. The second-order valence-electron chi connectivity index (χ2n) is 3.32. The molecule has 0 radical (unpaired) electrons. The highest BCUT2D eigenvalue weighted by Gasteiger charge is 2.08. The summed E-state index contributed by atoms with van der Waals surface area (Å²) in [6, 6.07) is 4.86. The molecule has 17 heavy (non-hydrogen) atoms. The van der Waals surface area contributed by atoms with E-state index in [4.69, 9.17) is 14.2 Å². The van der Waals surface area contributed by atoms with Crippen molar-refractivity contribution in [2.45, 2.75) is 5.33 Å². The fourth-order valence-electron chi connectivity index (χ4n) is 1.27. The molecule has 0 amide bonds. The van der Waals surface area contributed by atoms with Crippen LogP contribution < -0.4 is 4.74 Å². The molecule has 0 saturated carbocycles. The quantitative estimate of drug-likeness (QED) is 0.546. The SMILES string of the molecule is COCCOCCOc1c(F)cccc1CBr. The summed E-state index contributed by atoms with van der Waals surface area (Å²) in [6.07, 6.45) is 0. The van der Waals surface area contributed by atoms with Crippen LogP contribution in [0.1, 0.15) is 5.56 Å². The molecule has 0 aliphatic carbocycles. The minimum Gasteiger partial charge on any atom is -0.488 e. The second kappa shape index (κ2) is 8.44. The number of para-hydroxylation sites is 1. The van der Waals surface area contributed by atoms with Crippen LogP contribution in [0.2, 0.25) is 0 Å². The van der Waals surface area contributed by atoms with Crippen LogP contribution in [0.3, 0.4) is 0 Å². The van der Waals surface area contributed by atoms with Gasteiger partial charge in [-0.1, -0.05) is 28.1 Å². The highest BCUT2D eigenvalue weighted by Crippen LogP contribution is 2.24. The van der Waals surface area contributed by atoms with Gasteiger partial charge >= 0.3 is 0 Å². The molecule has 0 atom stereocenters. The first-order valence-electron chi connectivity index (χ1n) is 5.32. The molecule has 1 aromatic carbocycles. The summed E-state index contributed by atoms with van der Waals surface area (Å²) >= 11 is 3.29. The van der Waals surface area contributed by atoms with Crippen LogP contribution in [0.5, 0.6) is 5.75 Å². The minimum atomic E-state index is -0.348. The highest BCUT2D eigenvalue weighted by atomic mass is 79.9. The Kier molecular flexibility index (Phi) is 7.16. The van der Waals surface area contributed by atoms with Crippen molar-refractivity contribution in [3.05, 3.63) is 29.6 Å². The van der Waals surface area contributed by atoms with Gasteiger partial charge in [0.05, 0.1) is 19.8 Å². The average molecular weight is 307 g/mol. The number of alkyl halides is 1. The van der Waals surface area contributed by atoms with Crippen LogP contribution in [0, 0.1) is 5.82 Å². The van der Waals surface area contributed by atoms with Gasteiger partial charge in [0.15, 0.2) is 11.6 Å². The summed E-state index contributed by atoms with van der Waals surface area (Å²) in [7, 11) is 1.61. The third-order valence-corrected chi connectivity index (χ3v) is 2.70. The van der Waals surface area contributed by atoms with Gasteiger partial charge in [0.1, 0.15) is 6.61 Å². The molecule has 0 spiro atoms. The average Bonchev–Trinajstić information content (AvgIpc) is 2.35.